The Morgan fingerprint density at radius 3 is 2.35 bits per heavy atom. The number of hydrogen-bond acceptors (Lipinski definition) is 5. The third-order valence-electron chi connectivity index (χ3n) is 5.07. The number of aliphatic imine (C=N–C) groups is 1. The number of alkyl carbamates (subject to hydrolysis) is 1. The van der Waals surface area contributed by atoms with E-state index in [0.717, 1.165) is 25.1 Å². The van der Waals surface area contributed by atoms with Gasteiger partial charge in [-0.25, -0.2) is 9.59 Å². The minimum absolute atomic E-state index is 0.185. The van der Waals surface area contributed by atoms with Gasteiger partial charge in [-0.15, -0.1) is 0 Å². The first-order valence-electron chi connectivity index (χ1n) is 10.9. The molecule has 0 spiro atoms. The third-order valence-corrected chi connectivity index (χ3v) is 5.07. The summed E-state index contributed by atoms with van der Waals surface area (Å²) in [4.78, 5) is 29.8. The average molecular weight is 437 g/mol. The fourth-order valence-corrected chi connectivity index (χ4v) is 3.30. The molecule has 0 radical (unpaired) electrons. The third kappa shape index (κ3) is 9.89. The Balaban J connectivity index is 2.62. The summed E-state index contributed by atoms with van der Waals surface area (Å²) in [6.45, 7) is 15.1. The molecule has 8 nitrogen and oxygen atoms in total. The number of allylic oxidation sites excluding steroid dienone is 1. The second-order valence-corrected chi connectivity index (χ2v) is 9.13. The second-order valence-electron chi connectivity index (χ2n) is 9.13. The minimum Gasteiger partial charge on any atom is -0.453 e. The van der Waals surface area contributed by atoms with Crippen LogP contribution in [0.3, 0.4) is 0 Å². The molecule has 0 aromatic heterocycles. The lowest BCUT2D eigenvalue weighted by atomic mass is 9.93. The van der Waals surface area contributed by atoms with Crippen LogP contribution in [-0.2, 0) is 9.47 Å². The van der Waals surface area contributed by atoms with Crippen LogP contribution in [-0.4, -0.2) is 61.8 Å². The van der Waals surface area contributed by atoms with Crippen LogP contribution in [0.2, 0.25) is 0 Å². The van der Waals surface area contributed by atoms with Crippen LogP contribution in [0, 0.1) is 11.8 Å². The molecule has 0 unspecified atom stereocenters. The Bertz CT molecular complexity index is 672. The van der Waals surface area contributed by atoms with Crippen molar-refractivity contribution >= 4 is 18.0 Å². The standard InChI is InChI=1S/C23H40N4O4/c1-16(2)19(11-9-10-17(3)25-21(28)30-8)26-20(24-7)18-12-14-27(15-13-18)22(29)31-23(4,5)6/h9-10,16,18-19H,3,11-15H2,1-2,4-8H3,(H,24,26)(H,25,28)/b10-9-/t19-/m1/s1. The maximum absolute atomic E-state index is 12.3. The van der Waals surface area contributed by atoms with E-state index in [2.05, 4.69) is 40.8 Å². The van der Waals surface area contributed by atoms with Crippen LogP contribution < -0.4 is 10.6 Å². The summed E-state index contributed by atoms with van der Waals surface area (Å²) in [5.74, 6) is 1.64. The summed E-state index contributed by atoms with van der Waals surface area (Å²) >= 11 is 0. The number of amidine groups is 1. The molecule has 0 aliphatic carbocycles. The summed E-state index contributed by atoms with van der Waals surface area (Å²) in [5, 5.41) is 6.14. The molecular weight excluding hydrogens is 396 g/mol. The first kappa shape index (κ1) is 26.5. The molecule has 1 aliphatic rings. The van der Waals surface area contributed by atoms with Crippen molar-refractivity contribution in [3.05, 3.63) is 24.4 Å². The van der Waals surface area contributed by atoms with Crippen molar-refractivity contribution in [2.24, 2.45) is 16.8 Å². The molecule has 0 bridgehead atoms. The smallest absolute Gasteiger partial charge is 0.411 e. The normalized spacial score (nSPS) is 16.9. The highest BCUT2D eigenvalue weighted by Gasteiger charge is 2.29. The van der Waals surface area contributed by atoms with Gasteiger partial charge in [0, 0.05) is 37.8 Å². The van der Waals surface area contributed by atoms with E-state index in [1.165, 1.54) is 7.11 Å². The fourth-order valence-electron chi connectivity index (χ4n) is 3.30. The lowest BCUT2D eigenvalue weighted by molar-refractivity contribution is 0.0200. The zero-order chi connectivity index (χ0) is 23.6. The van der Waals surface area contributed by atoms with E-state index in [1.807, 2.05) is 26.8 Å². The van der Waals surface area contributed by atoms with Crippen LogP contribution >= 0.6 is 0 Å². The van der Waals surface area contributed by atoms with E-state index >= 15 is 0 Å². The van der Waals surface area contributed by atoms with E-state index in [4.69, 9.17) is 4.74 Å². The average Bonchev–Trinajstić information content (AvgIpc) is 2.69. The van der Waals surface area contributed by atoms with Crippen molar-refractivity contribution in [1.82, 2.24) is 15.5 Å². The van der Waals surface area contributed by atoms with Gasteiger partial charge in [0.2, 0.25) is 0 Å². The summed E-state index contributed by atoms with van der Waals surface area (Å²) < 4.78 is 10.0. The lowest BCUT2D eigenvalue weighted by Crippen LogP contribution is -2.47. The molecule has 2 amide bonds. The Labute approximate surface area is 187 Å². The van der Waals surface area contributed by atoms with E-state index < -0.39 is 11.7 Å². The monoisotopic (exact) mass is 436 g/mol. The van der Waals surface area contributed by atoms with Gasteiger partial charge in [-0.2, -0.15) is 0 Å². The number of piperidine rings is 1. The van der Waals surface area contributed by atoms with E-state index in [-0.39, 0.29) is 18.1 Å². The van der Waals surface area contributed by atoms with E-state index in [9.17, 15) is 9.59 Å². The lowest BCUT2D eigenvalue weighted by Gasteiger charge is -2.35. The predicted molar refractivity (Wildman–Crippen MR) is 124 cm³/mol. The van der Waals surface area contributed by atoms with Crippen molar-refractivity contribution in [3.8, 4) is 0 Å². The molecule has 0 aromatic carbocycles. The van der Waals surface area contributed by atoms with E-state index in [1.54, 1.807) is 18.0 Å². The quantitative estimate of drug-likeness (QED) is 0.356. The number of ether oxygens (including phenoxy) is 2. The molecule has 1 heterocycles. The molecule has 1 rings (SSSR count). The molecule has 1 atom stereocenters. The van der Waals surface area contributed by atoms with Crippen LogP contribution in [0.4, 0.5) is 9.59 Å². The summed E-state index contributed by atoms with van der Waals surface area (Å²) in [5.41, 5.74) is -0.00505. The molecule has 31 heavy (non-hydrogen) atoms. The zero-order valence-corrected chi connectivity index (χ0v) is 20.2. The second kappa shape index (κ2) is 12.4. The van der Waals surface area contributed by atoms with Gasteiger partial charge in [-0.1, -0.05) is 26.5 Å². The van der Waals surface area contributed by atoms with Gasteiger partial charge in [0.05, 0.1) is 12.9 Å². The highest BCUT2D eigenvalue weighted by molar-refractivity contribution is 5.85. The molecule has 176 valence electrons. The number of nitrogens with zero attached hydrogens (tertiary/aromatic N) is 2. The Morgan fingerprint density at radius 1 is 1.26 bits per heavy atom. The van der Waals surface area contributed by atoms with Gasteiger partial charge >= 0.3 is 12.2 Å². The van der Waals surface area contributed by atoms with E-state index in [0.29, 0.717) is 24.7 Å². The molecule has 1 aliphatic heterocycles. The number of rotatable bonds is 7. The molecular formula is C23H40N4O4. The van der Waals surface area contributed by atoms with Crippen LogP contribution in [0.15, 0.2) is 29.4 Å². The highest BCUT2D eigenvalue weighted by atomic mass is 16.6. The first-order chi connectivity index (χ1) is 14.5. The minimum atomic E-state index is -0.536. The molecule has 1 fully saturated rings. The van der Waals surface area contributed by atoms with Gasteiger partial charge in [0.25, 0.3) is 0 Å². The first-order valence-corrected chi connectivity index (χ1v) is 10.9. The van der Waals surface area contributed by atoms with Crippen molar-refractivity contribution in [3.63, 3.8) is 0 Å². The summed E-state index contributed by atoms with van der Waals surface area (Å²) in [7, 11) is 3.12. The van der Waals surface area contributed by atoms with Crippen LogP contribution in [0.25, 0.3) is 0 Å². The molecule has 1 saturated heterocycles. The number of methoxy groups -OCH3 is 1. The SMILES string of the molecule is C=C(/C=C\C[C@@H](N/C(=N\C)C1CCN(C(=O)OC(C)(C)C)CC1)C(C)C)NC(=O)OC. The number of amides is 2. The summed E-state index contributed by atoms with van der Waals surface area (Å²) in [6, 6.07) is 0.185. The number of carbonyl (C=O) groups excluding carboxylic acids is 2. The van der Waals surface area contributed by atoms with Crippen molar-refractivity contribution in [2.45, 2.75) is 65.5 Å². The van der Waals surface area contributed by atoms with Gasteiger partial charge < -0.3 is 19.7 Å². The molecule has 2 N–H and O–H groups in total. The predicted octanol–water partition coefficient (Wildman–Crippen LogP) is 4.09. The van der Waals surface area contributed by atoms with Gasteiger partial charge in [-0.05, 0) is 52.0 Å². The van der Waals surface area contributed by atoms with Gasteiger partial charge in [0.1, 0.15) is 5.60 Å². The Hall–Kier alpha value is -2.51. The van der Waals surface area contributed by atoms with Crippen LogP contribution in [0.5, 0.6) is 0 Å². The Morgan fingerprint density at radius 2 is 1.87 bits per heavy atom. The highest BCUT2D eigenvalue weighted by Crippen LogP contribution is 2.21. The van der Waals surface area contributed by atoms with Gasteiger partial charge in [0.15, 0.2) is 0 Å². The van der Waals surface area contributed by atoms with Crippen molar-refractivity contribution in [2.75, 3.05) is 27.2 Å². The summed E-state index contributed by atoms with van der Waals surface area (Å²) in [6.07, 6.45) is 5.42. The van der Waals surface area contributed by atoms with Crippen LogP contribution in [0.1, 0.15) is 53.9 Å². The van der Waals surface area contributed by atoms with Crippen molar-refractivity contribution in [1.29, 1.82) is 0 Å². The maximum Gasteiger partial charge on any atom is 0.411 e. The number of nitrogens with one attached hydrogen (secondary N) is 2. The largest absolute Gasteiger partial charge is 0.453 e. The fraction of sp³-hybridized carbons (Fsp3) is 0.696. The maximum atomic E-state index is 12.3. The molecule has 0 saturated carbocycles. The number of hydrogen-bond donors (Lipinski definition) is 2. The molecule has 0 aromatic rings. The number of carbonyl (C=O) groups is 2. The van der Waals surface area contributed by atoms with Gasteiger partial charge in [-0.3, -0.25) is 10.3 Å². The zero-order valence-electron chi connectivity index (χ0n) is 20.2. The topological polar surface area (TPSA) is 92.3 Å². The number of likely N-dealkylation sites (tertiary alicyclic amines) is 1. The van der Waals surface area contributed by atoms with Crippen molar-refractivity contribution < 1.29 is 19.1 Å². The Kier molecular flexibility index (Phi) is 10.6. The molecule has 8 heteroatoms.